The standard InChI is InChI=1S/C19H25NO5S/c1-4-26(22,23)25-17-8-5-7-16(12-17)13-20(19(21)11-15(2)3)14-18-9-6-10-24-18/h5-10,12,15H,4,11,13-14H2,1-3H3. The molecule has 0 atom stereocenters. The second kappa shape index (κ2) is 8.89. The van der Waals surface area contributed by atoms with Crippen LogP contribution in [0.1, 0.15) is 38.5 Å². The number of rotatable bonds is 9. The van der Waals surface area contributed by atoms with Gasteiger partial charge in [-0.3, -0.25) is 4.79 Å². The van der Waals surface area contributed by atoms with Crippen molar-refractivity contribution in [3.05, 3.63) is 54.0 Å². The van der Waals surface area contributed by atoms with Crippen LogP contribution in [-0.2, 0) is 28.0 Å². The Kier molecular flexibility index (Phi) is 6.85. The summed E-state index contributed by atoms with van der Waals surface area (Å²) in [6.07, 6.45) is 2.01. The summed E-state index contributed by atoms with van der Waals surface area (Å²) in [7, 11) is -3.59. The van der Waals surface area contributed by atoms with Crippen molar-refractivity contribution >= 4 is 16.0 Å². The largest absolute Gasteiger partial charge is 0.467 e. The number of carbonyl (C=O) groups is 1. The van der Waals surface area contributed by atoms with Crippen LogP contribution in [0, 0.1) is 5.92 Å². The zero-order chi connectivity index (χ0) is 19.2. The summed E-state index contributed by atoms with van der Waals surface area (Å²) in [6, 6.07) is 10.4. The Bertz CT molecular complexity index is 812. The van der Waals surface area contributed by atoms with Crippen LogP contribution in [0.15, 0.2) is 47.1 Å². The predicted molar refractivity (Wildman–Crippen MR) is 98.9 cm³/mol. The maximum atomic E-state index is 12.6. The van der Waals surface area contributed by atoms with Gasteiger partial charge in [0.05, 0.1) is 18.6 Å². The SMILES string of the molecule is CCS(=O)(=O)Oc1cccc(CN(Cc2ccco2)C(=O)CC(C)C)c1. The van der Waals surface area contributed by atoms with Gasteiger partial charge in [0.25, 0.3) is 0 Å². The smallest absolute Gasteiger partial charge is 0.308 e. The summed E-state index contributed by atoms with van der Waals surface area (Å²) in [5, 5.41) is 0. The molecule has 1 aromatic carbocycles. The van der Waals surface area contributed by atoms with Gasteiger partial charge in [-0.2, -0.15) is 8.42 Å². The van der Waals surface area contributed by atoms with Crippen molar-refractivity contribution in [1.29, 1.82) is 0 Å². The molecule has 0 bridgehead atoms. The van der Waals surface area contributed by atoms with E-state index in [1.807, 2.05) is 26.0 Å². The van der Waals surface area contributed by atoms with Crippen molar-refractivity contribution in [2.45, 2.75) is 40.3 Å². The first-order valence-corrected chi connectivity index (χ1v) is 10.2. The number of carbonyl (C=O) groups excluding carboxylic acids is 1. The van der Waals surface area contributed by atoms with Crippen molar-refractivity contribution < 1.29 is 21.8 Å². The second-order valence-electron chi connectivity index (χ2n) is 6.50. The van der Waals surface area contributed by atoms with Crippen LogP contribution in [-0.4, -0.2) is 25.0 Å². The van der Waals surface area contributed by atoms with E-state index in [4.69, 9.17) is 8.60 Å². The van der Waals surface area contributed by atoms with Crippen LogP contribution in [0.25, 0.3) is 0 Å². The lowest BCUT2D eigenvalue weighted by molar-refractivity contribution is -0.133. The Morgan fingerprint density at radius 3 is 2.58 bits per heavy atom. The zero-order valence-corrected chi connectivity index (χ0v) is 16.2. The lowest BCUT2D eigenvalue weighted by Gasteiger charge is -2.23. The third-order valence-electron chi connectivity index (χ3n) is 3.71. The molecular formula is C19H25NO5S. The molecule has 0 radical (unpaired) electrons. The van der Waals surface area contributed by atoms with Gasteiger partial charge in [0.2, 0.25) is 5.91 Å². The Balaban J connectivity index is 2.17. The summed E-state index contributed by atoms with van der Waals surface area (Å²) in [4.78, 5) is 14.3. The molecule has 1 aromatic heterocycles. The van der Waals surface area contributed by atoms with Gasteiger partial charge in [-0.25, -0.2) is 0 Å². The van der Waals surface area contributed by atoms with E-state index in [9.17, 15) is 13.2 Å². The van der Waals surface area contributed by atoms with E-state index in [2.05, 4.69) is 0 Å². The summed E-state index contributed by atoms with van der Waals surface area (Å²) in [5.41, 5.74) is 0.789. The van der Waals surface area contributed by atoms with E-state index in [-0.39, 0.29) is 23.3 Å². The minimum atomic E-state index is -3.59. The molecule has 0 aliphatic carbocycles. The molecule has 1 heterocycles. The summed E-state index contributed by atoms with van der Waals surface area (Å²) in [5.74, 6) is 1.10. The Morgan fingerprint density at radius 1 is 1.19 bits per heavy atom. The van der Waals surface area contributed by atoms with E-state index in [1.165, 1.54) is 6.92 Å². The molecule has 7 heteroatoms. The Hall–Kier alpha value is -2.28. The molecule has 0 unspecified atom stereocenters. The van der Waals surface area contributed by atoms with Gasteiger partial charge in [0.1, 0.15) is 11.5 Å². The normalized spacial score (nSPS) is 11.5. The first-order chi connectivity index (χ1) is 12.3. The molecule has 2 aromatic rings. The number of hydrogen-bond donors (Lipinski definition) is 0. The highest BCUT2D eigenvalue weighted by Gasteiger charge is 2.18. The molecule has 0 aliphatic heterocycles. The minimum absolute atomic E-state index is 0.0175. The monoisotopic (exact) mass is 379 g/mol. The van der Waals surface area contributed by atoms with Crippen molar-refractivity contribution in [2.75, 3.05) is 5.75 Å². The van der Waals surface area contributed by atoms with Crippen LogP contribution >= 0.6 is 0 Å². The average molecular weight is 379 g/mol. The fourth-order valence-electron chi connectivity index (χ4n) is 2.42. The third kappa shape index (κ3) is 6.22. The van der Waals surface area contributed by atoms with Gasteiger partial charge in [-0.1, -0.05) is 26.0 Å². The molecule has 2 rings (SSSR count). The lowest BCUT2D eigenvalue weighted by atomic mass is 10.1. The molecule has 1 amide bonds. The van der Waals surface area contributed by atoms with Crippen LogP contribution in [0.3, 0.4) is 0 Å². The lowest BCUT2D eigenvalue weighted by Crippen LogP contribution is -2.30. The van der Waals surface area contributed by atoms with E-state index in [1.54, 1.807) is 35.4 Å². The zero-order valence-electron chi connectivity index (χ0n) is 15.3. The third-order valence-corrected chi connectivity index (χ3v) is 4.86. The maximum Gasteiger partial charge on any atom is 0.308 e. The Morgan fingerprint density at radius 2 is 1.96 bits per heavy atom. The molecule has 0 N–H and O–H groups in total. The van der Waals surface area contributed by atoms with Crippen LogP contribution in [0.5, 0.6) is 5.75 Å². The molecule has 0 fully saturated rings. The topological polar surface area (TPSA) is 76.8 Å². The highest BCUT2D eigenvalue weighted by Crippen LogP contribution is 2.19. The Labute approximate surface area is 154 Å². The maximum absolute atomic E-state index is 12.6. The first-order valence-electron chi connectivity index (χ1n) is 8.60. The molecule has 0 saturated heterocycles. The van der Waals surface area contributed by atoms with Gasteiger partial charge in [-0.15, -0.1) is 0 Å². The summed E-state index contributed by atoms with van der Waals surface area (Å²) >= 11 is 0. The number of benzene rings is 1. The van der Waals surface area contributed by atoms with E-state index < -0.39 is 10.1 Å². The van der Waals surface area contributed by atoms with Crippen LogP contribution in [0.2, 0.25) is 0 Å². The number of hydrogen-bond acceptors (Lipinski definition) is 5. The van der Waals surface area contributed by atoms with E-state index in [0.29, 0.717) is 25.3 Å². The van der Waals surface area contributed by atoms with Crippen molar-refractivity contribution in [2.24, 2.45) is 5.92 Å². The summed E-state index contributed by atoms with van der Waals surface area (Å²) in [6.45, 7) is 6.21. The average Bonchev–Trinajstić information content (AvgIpc) is 3.06. The van der Waals surface area contributed by atoms with Gasteiger partial charge in [0.15, 0.2) is 0 Å². The van der Waals surface area contributed by atoms with Crippen LogP contribution < -0.4 is 4.18 Å². The molecule has 6 nitrogen and oxygen atoms in total. The van der Waals surface area contributed by atoms with E-state index in [0.717, 1.165) is 5.56 Å². The molecule has 0 saturated carbocycles. The van der Waals surface area contributed by atoms with Gasteiger partial charge >= 0.3 is 10.1 Å². The number of nitrogens with zero attached hydrogens (tertiary/aromatic N) is 1. The van der Waals surface area contributed by atoms with Gasteiger partial charge in [-0.05, 0) is 42.7 Å². The highest BCUT2D eigenvalue weighted by atomic mass is 32.2. The van der Waals surface area contributed by atoms with Crippen molar-refractivity contribution in [3.63, 3.8) is 0 Å². The number of amides is 1. The molecule has 0 spiro atoms. The molecular weight excluding hydrogens is 354 g/mol. The fourth-order valence-corrected chi connectivity index (χ4v) is 2.94. The second-order valence-corrected chi connectivity index (χ2v) is 8.36. The van der Waals surface area contributed by atoms with Crippen molar-refractivity contribution in [1.82, 2.24) is 4.90 Å². The van der Waals surface area contributed by atoms with Crippen molar-refractivity contribution in [3.8, 4) is 5.75 Å². The van der Waals surface area contributed by atoms with Gasteiger partial charge in [0, 0.05) is 13.0 Å². The predicted octanol–water partition coefficient (Wildman–Crippen LogP) is 3.58. The molecule has 0 aliphatic rings. The van der Waals surface area contributed by atoms with E-state index >= 15 is 0 Å². The quantitative estimate of drug-likeness (QED) is 0.622. The highest BCUT2D eigenvalue weighted by molar-refractivity contribution is 7.87. The van der Waals surface area contributed by atoms with Crippen LogP contribution in [0.4, 0.5) is 0 Å². The minimum Gasteiger partial charge on any atom is -0.467 e. The number of furan rings is 1. The van der Waals surface area contributed by atoms with Gasteiger partial charge < -0.3 is 13.5 Å². The molecule has 26 heavy (non-hydrogen) atoms. The first kappa shape index (κ1) is 20.0. The fraction of sp³-hybridized carbons (Fsp3) is 0.421. The molecule has 142 valence electrons. The summed E-state index contributed by atoms with van der Waals surface area (Å²) < 4.78 is 33.7.